The summed E-state index contributed by atoms with van der Waals surface area (Å²) in [6.45, 7) is 3.87. The van der Waals surface area contributed by atoms with Gasteiger partial charge >= 0.3 is 0 Å². The second-order valence-corrected chi connectivity index (χ2v) is 9.84. The summed E-state index contributed by atoms with van der Waals surface area (Å²) in [5.74, 6) is 7.24. The number of nitrogens with zero attached hydrogens (tertiary/aromatic N) is 4. The molecule has 6 nitrogen and oxygen atoms in total. The summed E-state index contributed by atoms with van der Waals surface area (Å²) in [5.41, 5.74) is 8.33. The molecule has 0 saturated carbocycles. The van der Waals surface area contributed by atoms with E-state index in [0.717, 1.165) is 23.2 Å². The summed E-state index contributed by atoms with van der Waals surface area (Å²) in [6.07, 6.45) is 8.09. The summed E-state index contributed by atoms with van der Waals surface area (Å²) in [6, 6.07) is 1.95. The van der Waals surface area contributed by atoms with Gasteiger partial charge in [-0.25, -0.2) is 4.68 Å². The maximum Gasteiger partial charge on any atom is 0.155 e. The van der Waals surface area contributed by atoms with E-state index in [-0.39, 0.29) is 4.75 Å². The van der Waals surface area contributed by atoms with Crippen molar-refractivity contribution in [1.82, 2.24) is 14.8 Å². The Hall–Kier alpha value is -1.95. The summed E-state index contributed by atoms with van der Waals surface area (Å²) >= 11 is 0.833. The van der Waals surface area contributed by atoms with Crippen molar-refractivity contribution < 1.29 is 4.55 Å². The Morgan fingerprint density at radius 2 is 2.15 bits per heavy atom. The highest BCUT2D eigenvalue weighted by atomic mass is 32.2. The lowest BCUT2D eigenvalue weighted by molar-refractivity contribution is 0.387. The van der Waals surface area contributed by atoms with Gasteiger partial charge < -0.3 is 10.3 Å². The Kier molecular flexibility index (Phi) is 4.26. The van der Waals surface area contributed by atoms with Crippen LogP contribution in [-0.4, -0.2) is 40.7 Å². The molecule has 2 aromatic rings. The monoisotopic (exact) mass is 385 g/mol. The number of aromatic nitrogens is 3. The van der Waals surface area contributed by atoms with Crippen molar-refractivity contribution in [3.05, 3.63) is 42.0 Å². The molecule has 1 atom stereocenters. The van der Waals surface area contributed by atoms with Crippen LogP contribution in [0.1, 0.15) is 31.4 Å². The third kappa shape index (κ3) is 3.11. The normalized spacial score (nSPS) is 30.3. The van der Waals surface area contributed by atoms with Crippen molar-refractivity contribution in [1.29, 1.82) is 0 Å². The molecule has 0 radical (unpaired) electrons. The van der Waals surface area contributed by atoms with Gasteiger partial charge in [-0.2, -0.15) is 5.10 Å². The molecule has 4 rings (SSSR count). The van der Waals surface area contributed by atoms with Gasteiger partial charge in [0, 0.05) is 29.9 Å². The second kappa shape index (κ2) is 6.34. The van der Waals surface area contributed by atoms with E-state index in [1.54, 1.807) is 35.8 Å². The van der Waals surface area contributed by atoms with Gasteiger partial charge in [0.1, 0.15) is 16.3 Å². The predicted molar refractivity (Wildman–Crippen MR) is 106 cm³/mol. The molecule has 2 N–H and O–H groups in total. The quantitative estimate of drug-likeness (QED) is 0.629. The summed E-state index contributed by atoms with van der Waals surface area (Å²) < 4.78 is 13.4. The number of pyridine rings is 1. The molecule has 2 aliphatic rings. The maximum absolute atomic E-state index is 11.7. The molecular formula is C18H19N5OS2. The van der Waals surface area contributed by atoms with Crippen LogP contribution in [0.3, 0.4) is 0 Å². The van der Waals surface area contributed by atoms with Crippen LogP contribution in [0.15, 0.2) is 35.8 Å². The number of aliphatic imine (C=N–C) groups is 1. The third-order valence-electron chi connectivity index (χ3n) is 4.65. The van der Waals surface area contributed by atoms with Gasteiger partial charge in [-0.15, -0.1) is 5.92 Å². The fraction of sp³-hybridized carbons (Fsp3) is 0.389. The van der Waals surface area contributed by atoms with Gasteiger partial charge in [0.25, 0.3) is 0 Å². The highest BCUT2D eigenvalue weighted by Gasteiger charge is 2.56. The van der Waals surface area contributed by atoms with Gasteiger partial charge in [0.05, 0.1) is 23.6 Å². The van der Waals surface area contributed by atoms with Crippen LogP contribution in [-0.2, 0) is 16.7 Å². The molecule has 4 heterocycles. The maximum atomic E-state index is 11.7. The number of nitrogens with two attached hydrogens (primary N) is 1. The highest BCUT2D eigenvalue weighted by molar-refractivity contribution is 8.17. The van der Waals surface area contributed by atoms with Crippen LogP contribution >= 0.6 is 11.8 Å². The molecular weight excluding hydrogens is 366 g/mol. The number of hydrogen-bond acceptors (Lipinski definition) is 6. The summed E-state index contributed by atoms with van der Waals surface area (Å²) in [5, 5.41) is 5.05. The molecule has 0 aliphatic carbocycles. The van der Waals surface area contributed by atoms with E-state index in [2.05, 4.69) is 28.8 Å². The third-order valence-corrected chi connectivity index (χ3v) is 7.94. The van der Waals surface area contributed by atoms with E-state index in [0.29, 0.717) is 16.7 Å². The zero-order chi connectivity index (χ0) is 18.4. The lowest BCUT2D eigenvalue weighted by Gasteiger charge is -2.47. The molecule has 8 heteroatoms. The number of rotatable bonds is 2. The lowest BCUT2D eigenvalue weighted by Crippen LogP contribution is -2.58. The summed E-state index contributed by atoms with van der Waals surface area (Å²) in [4.78, 5) is 8.94. The molecule has 1 saturated heterocycles. The first-order valence-electron chi connectivity index (χ1n) is 8.24. The lowest BCUT2D eigenvalue weighted by atomic mass is 9.85. The van der Waals surface area contributed by atoms with Crippen LogP contribution in [0.25, 0.3) is 5.69 Å². The topological polar surface area (TPSA) is 92.1 Å². The van der Waals surface area contributed by atoms with Crippen molar-refractivity contribution >= 4 is 28.1 Å². The first-order chi connectivity index (χ1) is 12.4. The van der Waals surface area contributed by atoms with Crippen molar-refractivity contribution in [3.63, 3.8) is 0 Å². The first-order valence-corrected chi connectivity index (χ1v) is 10.5. The minimum Gasteiger partial charge on any atom is -0.616 e. The van der Waals surface area contributed by atoms with Gasteiger partial charge in [0.15, 0.2) is 5.17 Å². The van der Waals surface area contributed by atoms with Crippen molar-refractivity contribution in [2.24, 2.45) is 10.7 Å². The predicted octanol–water partition coefficient (Wildman–Crippen LogP) is 1.81. The van der Waals surface area contributed by atoms with Crippen molar-refractivity contribution in [2.75, 3.05) is 11.5 Å². The van der Waals surface area contributed by atoms with E-state index in [1.807, 2.05) is 18.5 Å². The molecule has 0 amide bonds. The molecule has 1 spiro atoms. The fourth-order valence-corrected chi connectivity index (χ4v) is 7.17. The van der Waals surface area contributed by atoms with Crippen LogP contribution < -0.4 is 5.73 Å². The molecule has 1 unspecified atom stereocenters. The fourth-order valence-electron chi connectivity index (χ4n) is 3.57. The number of hydrogen-bond donors (Lipinski definition) is 1. The average Bonchev–Trinajstić information content (AvgIpc) is 3.04. The summed E-state index contributed by atoms with van der Waals surface area (Å²) in [7, 11) is 0. The molecule has 134 valence electrons. The molecule has 0 aromatic carbocycles. The largest absolute Gasteiger partial charge is 0.616 e. The Morgan fingerprint density at radius 1 is 1.35 bits per heavy atom. The van der Waals surface area contributed by atoms with Crippen LogP contribution in [0, 0.1) is 11.8 Å². The number of thioether (sulfide) groups is 1. The Balaban J connectivity index is 1.66. The molecule has 1 fully saturated rings. The van der Waals surface area contributed by atoms with E-state index >= 15 is 0 Å². The first kappa shape index (κ1) is 17.5. The van der Waals surface area contributed by atoms with Gasteiger partial charge in [-0.05, 0) is 19.9 Å². The second-order valence-electron chi connectivity index (χ2n) is 6.89. The zero-order valence-electron chi connectivity index (χ0n) is 14.6. The van der Waals surface area contributed by atoms with Gasteiger partial charge in [-0.1, -0.05) is 28.9 Å². The van der Waals surface area contributed by atoms with Crippen molar-refractivity contribution in [2.45, 2.75) is 30.6 Å². The van der Waals surface area contributed by atoms with Gasteiger partial charge in [-0.3, -0.25) is 9.98 Å². The Labute approximate surface area is 159 Å². The molecule has 0 bridgehead atoms. The van der Waals surface area contributed by atoms with Crippen molar-refractivity contribution in [3.8, 4) is 17.5 Å². The number of amidine groups is 1. The van der Waals surface area contributed by atoms with Crippen LogP contribution in [0.5, 0.6) is 0 Å². The smallest absolute Gasteiger partial charge is 0.155 e. The zero-order valence-corrected chi connectivity index (χ0v) is 16.2. The SMILES string of the molecule is CC#Cc1cncc(-n2cc(C3(C)CC4(C[S+]([O-])C4)SC(N)=N3)cn2)c1. The Morgan fingerprint density at radius 3 is 2.88 bits per heavy atom. The average molecular weight is 386 g/mol. The van der Waals surface area contributed by atoms with Gasteiger partial charge in [0.2, 0.25) is 0 Å². The highest BCUT2D eigenvalue weighted by Crippen LogP contribution is 2.50. The molecule has 2 aliphatic heterocycles. The van der Waals surface area contributed by atoms with Crippen LogP contribution in [0.2, 0.25) is 0 Å². The molecule has 2 aromatic heterocycles. The molecule has 26 heavy (non-hydrogen) atoms. The standard InChI is InChI=1S/C18H19N5OS2/c1-3-4-13-5-15(8-20-6-13)23-9-14(7-21-23)17(2)10-18(11-26(24)12-18)25-16(19)22-17/h5-9H,10-12H2,1-2H3,(H2,19,22). The minimum atomic E-state index is -0.736. The van der Waals surface area contributed by atoms with Crippen LogP contribution in [0.4, 0.5) is 0 Å². The van der Waals surface area contributed by atoms with E-state index < -0.39 is 16.7 Å². The van der Waals surface area contributed by atoms with E-state index in [4.69, 9.17) is 10.7 Å². The Bertz CT molecular complexity index is 938. The van der Waals surface area contributed by atoms with E-state index in [9.17, 15) is 4.55 Å². The van der Waals surface area contributed by atoms with E-state index in [1.165, 1.54) is 0 Å². The minimum absolute atomic E-state index is 0.0638.